The maximum absolute atomic E-state index is 12.1. The van der Waals surface area contributed by atoms with Crippen LogP contribution >= 0.6 is 15.9 Å². The molecule has 5 rings (SSSR count). The number of nitrogens with zero attached hydrogens (tertiary/aromatic N) is 4. The molecule has 0 bridgehead atoms. The fraction of sp³-hybridized carbons (Fsp3) is 0.0476. The van der Waals surface area contributed by atoms with Crippen LogP contribution in [0.25, 0.3) is 33.1 Å². The zero-order chi connectivity index (χ0) is 19.1. The summed E-state index contributed by atoms with van der Waals surface area (Å²) in [4.78, 5) is 13.5. The van der Waals surface area contributed by atoms with E-state index in [2.05, 4.69) is 31.3 Å². The minimum atomic E-state index is -0.397. The molecule has 0 radical (unpaired) electrons. The minimum Gasteiger partial charge on any atom is -0.423 e. The highest BCUT2D eigenvalue weighted by atomic mass is 79.9. The molecule has 0 spiro atoms. The van der Waals surface area contributed by atoms with Crippen LogP contribution in [-0.2, 0) is 6.54 Å². The third-order valence-corrected chi connectivity index (χ3v) is 5.11. The van der Waals surface area contributed by atoms with Gasteiger partial charge in [0.25, 0.3) is 0 Å². The second kappa shape index (κ2) is 6.69. The molecule has 0 atom stereocenters. The van der Waals surface area contributed by atoms with Crippen LogP contribution in [0.4, 0.5) is 0 Å². The first kappa shape index (κ1) is 16.8. The predicted molar refractivity (Wildman–Crippen MR) is 110 cm³/mol. The van der Waals surface area contributed by atoms with Crippen molar-refractivity contribution in [2.24, 2.45) is 0 Å². The van der Waals surface area contributed by atoms with Gasteiger partial charge in [-0.3, -0.25) is 0 Å². The molecule has 0 unspecified atom stereocenters. The van der Waals surface area contributed by atoms with Crippen LogP contribution in [0.2, 0.25) is 0 Å². The first-order valence-electron chi connectivity index (χ1n) is 8.66. The van der Waals surface area contributed by atoms with Crippen LogP contribution < -0.4 is 5.63 Å². The Morgan fingerprint density at radius 3 is 2.68 bits per heavy atom. The second-order valence-corrected chi connectivity index (χ2v) is 7.32. The molecule has 2 heterocycles. The summed E-state index contributed by atoms with van der Waals surface area (Å²) in [5, 5.41) is 15.8. The smallest absolute Gasteiger partial charge is 0.336 e. The van der Waals surface area contributed by atoms with Crippen molar-refractivity contribution in [3.63, 3.8) is 0 Å². The molecule has 0 aliphatic heterocycles. The van der Waals surface area contributed by atoms with E-state index in [0.29, 0.717) is 18.0 Å². The topological polar surface area (TPSA) is 73.8 Å². The molecule has 0 saturated heterocycles. The molecule has 28 heavy (non-hydrogen) atoms. The van der Waals surface area contributed by atoms with E-state index in [1.165, 1.54) is 10.9 Å². The number of fused-ring (bicyclic) bond motifs is 3. The number of hydrogen-bond acceptors (Lipinski definition) is 5. The predicted octanol–water partition coefficient (Wildman–Crippen LogP) is 4.41. The van der Waals surface area contributed by atoms with E-state index < -0.39 is 5.63 Å². The van der Waals surface area contributed by atoms with Crippen molar-refractivity contribution >= 4 is 37.7 Å². The molecule has 2 aromatic heterocycles. The van der Waals surface area contributed by atoms with Crippen LogP contribution in [0.3, 0.4) is 0 Å². The number of tetrazole rings is 1. The van der Waals surface area contributed by atoms with Crippen LogP contribution in [0.5, 0.6) is 0 Å². The summed E-state index contributed by atoms with van der Waals surface area (Å²) < 4.78 is 6.39. The molecule has 5 aromatic rings. The largest absolute Gasteiger partial charge is 0.423 e. The van der Waals surface area contributed by atoms with Crippen LogP contribution in [0.1, 0.15) is 5.56 Å². The quantitative estimate of drug-likeness (QED) is 0.311. The molecule has 0 aliphatic rings. The maximum atomic E-state index is 12.1. The number of benzene rings is 3. The molecule has 6 nitrogen and oxygen atoms in total. The average Bonchev–Trinajstić information content (AvgIpc) is 3.16. The number of rotatable bonds is 3. The van der Waals surface area contributed by atoms with Crippen LogP contribution in [0.15, 0.2) is 80.4 Å². The van der Waals surface area contributed by atoms with E-state index in [4.69, 9.17) is 4.42 Å². The summed E-state index contributed by atoms with van der Waals surface area (Å²) in [7, 11) is 0. The lowest BCUT2D eigenvalue weighted by atomic mass is 10.0. The Kier molecular flexibility index (Phi) is 4.02. The molecule has 0 aliphatic carbocycles. The van der Waals surface area contributed by atoms with Crippen LogP contribution in [-0.4, -0.2) is 20.2 Å². The molecule has 0 fully saturated rings. The lowest BCUT2D eigenvalue weighted by molar-refractivity contribution is 0.546. The fourth-order valence-corrected chi connectivity index (χ4v) is 3.59. The highest BCUT2D eigenvalue weighted by Gasteiger charge is 2.12. The fourth-order valence-electron chi connectivity index (χ4n) is 3.32. The van der Waals surface area contributed by atoms with Crippen molar-refractivity contribution in [1.29, 1.82) is 0 Å². The maximum Gasteiger partial charge on any atom is 0.336 e. The van der Waals surface area contributed by atoms with Gasteiger partial charge in [0.05, 0.1) is 6.54 Å². The SMILES string of the molecule is O=c1cc(Cn2nnc(-c3ccc(Br)cc3)n2)c2c(ccc3ccccc32)o1. The van der Waals surface area contributed by atoms with Gasteiger partial charge in [-0.15, -0.1) is 10.2 Å². The van der Waals surface area contributed by atoms with Gasteiger partial charge in [-0.1, -0.05) is 46.3 Å². The third kappa shape index (κ3) is 2.99. The lowest BCUT2D eigenvalue weighted by Gasteiger charge is -2.08. The molecule has 3 aromatic carbocycles. The van der Waals surface area contributed by atoms with Crippen molar-refractivity contribution in [3.8, 4) is 11.4 Å². The molecule has 0 amide bonds. The molecule has 0 saturated carbocycles. The minimum absolute atomic E-state index is 0.319. The first-order chi connectivity index (χ1) is 13.7. The Labute approximate surface area is 167 Å². The van der Waals surface area contributed by atoms with E-state index in [1.54, 1.807) is 0 Å². The van der Waals surface area contributed by atoms with Gasteiger partial charge < -0.3 is 4.42 Å². The molecule has 7 heteroatoms. The Morgan fingerprint density at radius 2 is 1.82 bits per heavy atom. The summed E-state index contributed by atoms with van der Waals surface area (Å²) in [5.74, 6) is 0.532. The van der Waals surface area contributed by atoms with Gasteiger partial charge in [-0.2, -0.15) is 4.80 Å². The second-order valence-electron chi connectivity index (χ2n) is 6.40. The van der Waals surface area contributed by atoms with Crippen molar-refractivity contribution in [1.82, 2.24) is 20.2 Å². The summed E-state index contributed by atoms with van der Waals surface area (Å²) in [6.07, 6.45) is 0. The number of hydrogen-bond donors (Lipinski definition) is 0. The van der Waals surface area contributed by atoms with Gasteiger partial charge >= 0.3 is 5.63 Å². The first-order valence-corrected chi connectivity index (χ1v) is 9.45. The Hall–Kier alpha value is -3.32. The highest BCUT2D eigenvalue weighted by Crippen LogP contribution is 2.27. The molecular weight excluding hydrogens is 420 g/mol. The number of halogens is 1. The zero-order valence-corrected chi connectivity index (χ0v) is 16.1. The van der Waals surface area contributed by atoms with Gasteiger partial charge in [0.2, 0.25) is 5.82 Å². The van der Waals surface area contributed by atoms with Gasteiger partial charge in [0.15, 0.2) is 0 Å². The van der Waals surface area contributed by atoms with Crippen molar-refractivity contribution in [2.75, 3.05) is 0 Å². The Morgan fingerprint density at radius 1 is 1.00 bits per heavy atom. The summed E-state index contributed by atoms with van der Waals surface area (Å²) in [6, 6.07) is 21.0. The van der Waals surface area contributed by atoms with Crippen LogP contribution in [0, 0.1) is 0 Å². The normalized spacial score (nSPS) is 11.3. The third-order valence-electron chi connectivity index (χ3n) is 4.58. The molecule has 136 valence electrons. The van der Waals surface area contributed by atoms with Gasteiger partial charge in [0.1, 0.15) is 5.58 Å². The zero-order valence-electron chi connectivity index (χ0n) is 14.5. The van der Waals surface area contributed by atoms with Crippen molar-refractivity contribution in [3.05, 3.63) is 87.2 Å². The molecule has 0 N–H and O–H groups in total. The summed E-state index contributed by atoms with van der Waals surface area (Å²) in [5.41, 5.74) is 1.82. The van der Waals surface area contributed by atoms with E-state index in [0.717, 1.165) is 31.8 Å². The Bertz CT molecular complexity index is 1370. The standard InChI is InChI=1S/C21H13BrN4O2/c22-16-8-5-14(6-9-16)21-23-25-26(24-21)12-15-11-19(27)28-18-10-7-13-3-1-2-4-17(13)20(15)18/h1-11H,12H2. The van der Waals surface area contributed by atoms with Gasteiger partial charge in [-0.25, -0.2) is 4.79 Å². The van der Waals surface area contributed by atoms with Crippen molar-refractivity contribution < 1.29 is 4.42 Å². The van der Waals surface area contributed by atoms with Gasteiger partial charge in [0, 0.05) is 21.5 Å². The summed E-state index contributed by atoms with van der Waals surface area (Å²) >= 11 is 3.42. The molecular formula is C21H13BrN4O2. The Balaban J connectivity index is 1.61. The van der Waals surface area contributed by atoms with E-state index >= 15 is 0 Å². The number of aromatic nitrogens is 4. The summed E-state index contributed by atoms with van der Waals surface area (Å²) in [6.45, 7) is 0.319. The van der Waals surface area contributed by atoms with E-state index in [-0.39, 0.29) is 0 Å². The van der Waals surface area contributed by atoms with E-state index in [1.807, 2.05) is 60.7 Å². The van der Waals surface area contributed by atoms with E-state index in [9.17, 15) is 4.79 Å². The highest BCUT2D eigenvalue weighted by molar-refractivity contribution is 9.10. The average molecular weight is 433 g/mol. The van der Waals surface area contributed by atoms with Gasteiger partial charge in [-0.05, 0) is 51.9 Å². The lowest BCUT2D eigenvalue weighted by Crippen LogP contribution is -2.08. The monoisotopic (exact) mass is 432 g/mol. The van der Waals surface area contributed by atoms with Crippen molar-refractivity contribution in [2.45, 2.75) is 6.54 Å².